The highest BCUT2D eigenvalue weighted by atomic mass is 35.5. The summed E-state index contributed by atoms with van der Waals surface area (Å²) in [4.78, 5) is 54.6. The Balaban J connectivity index is 0.00000174. The first kappa shape index (κ1) is 37.1. The predicted octanol–water partition coefficient (Wildman–Crippen LogP) is 3.36. The largest absolute Gasteiger partial charge is 0.483 e. The molecule has 0 bridgehead atoms. The maximum absolute atomic E-state index is 14.7. The third-order valence-electron chi connectivity index (χ3n) is 8.12. The summed E-state index contributed by atoms with van der Waals surface area (Å²) in [6.07, 6.45) is 2.18. The molecule has 3 aromatic rings. The van der Waals surface area contributed by atoms with Crippen LogP contribution in [0.1, 0.15) is 40.2 Å². The number of halogens is 5. The van der Waals surface area contributed by atoms with Crippen molar-refractivity contribution in [3.05, 3.63) is 64.6 Å². The molecular formula is C31H33ClF4N6O7. The van der Waals surface area contributed by atoms with Crippen LogP contribution in [0, 0.1) is 11.6 Å². The summed E-state index contributed by atoms with van der Waals surface area (Å²) < 4.78 is 59.0. The molecule has 2 aliphatic rings. The summed E-state index contributed by atoms with van der Waals surface area (Å²) in [7, 11) is 1.38. The smallest absolute Gasteiger partial charge is 0.387 e. The van der Waals surface area contributed by atoms with E-state index in [0.717, 1.165) is 18.3 Å². The number of anilines is 1. The molecule has 18 heteroatoms. The summed E-state index contributed by atoms with van der Waals surface area (Å²) in [5, 5.41) is 23.4. The molecule has 2 saturated heterocycles. The lowest BCUT2D eigenvalue weighted by Crippen LogP contribution is -2.53. The van der Waals surface area contributed by atoms with Gasteiger partial charge >= 0.3 is 6.61 Å². The number of carboxylic acid groups (broad SMARTS) is 1. The van der Waals surface area contributed by atoms with Crippen LogP contribution in [0.15, 0.2) is 36.5 Å². The topological polar surface area (TPSA) is 166 Å². The van der Waals surface area contributed by atoms with Gasteiger partial charge in [0.2, 0.25) is 11.7 Å². The Morgan fingerprint density at radius 2 is 1.71 bits per heavy atom. The van der Waals surface area contributed by atoms with Crippen molar-refractivity contribution in [1.29, 1.82) is 0 Å². The lowest BCUT2D eigenvalue weighted by molar-refractivity contribution is -0.139. The number of carbonyl (C=O) groups is 4. The fraction of sp³-hybridized carbons (Fsp3) is 0.387. The number of carbonyl (C=O) groups excluding carboxylic acids is 3. The van der Waals surface area contributed by atoms with Gasteiger partial charge in [-0.15, -0.1) is 0 Å². The molecule has 0 saturated carbocycles. The Morgan fingerprint density at radius 3 is 2.33 bits per heavy atom. The van der Waals surface area contributed by atoms with E-state index in [0.29, 0.717) is 39.0 Å². The normalized spacial score (nSPS) is 15.7. The Bertz CT molecular complexity index is 1690. The molecule has 2 aliphatic heterocycles. The number of piperazine rings is 1. The van der Waals surface area contributed by atoms with E-state index in [2.05, 4.69) is 20.4 Å². The molecule has 0 unspecified atom stereocenters. The van der Waals surface area contributed by atoms with Crippen LogP contribution in [-0.4, -0.2) is 105 Å². The SMILES string of the molecule is Cn1c(-c2ccc(OC(F)F)c(F)c2F)cnc1C(=O)Nc1ccc(C(=O)N2CCN(C(=O)CC3(O)CCNCC3)CC2)c(Cl)c1.O=CO. The highest BCUT2D eigenvalue weighted by molar-refractivity contribution is 6.34. The zero-order valence-electron chi connectivity index (χ0n) is 26.1. The van der Waals surface area contributed by atoms with Gasteiger partial charge in [0.25, 0.3) is 18.3 Å². The van der Waals surface area contributed by atoms with Gasteiger partial charge in [0.05, 0.1) is 34.5 Å². The quantitative estimate of drug-likeness (QED) is 0.202. The van der Waals surface area contributed by atoms with Gasteiger partial charge in [-0.3, -0.25) is 19.2 Å². The first-order chi connectivity index (χ1) is 23.3. The maximum atomic E-state index is 14.7. The molecule has 2 fully saturated rings. The fourth-order valence-electron chi connectivity index (χ4n) is 5.53. The predicted molar refractivity (Wildman–Crippen MR) is 167 cm³/mol. The Morgan fingerprint density at radius 1 is 1.08 bits per heavy atom. The van der Waals surface area contributed by atoms with Crippen LogP contribution in [0.4, 0.5) is 23.2 Å². The molecule has 2 aromatic carbocycles. The second-order valence-electron chi connectivity index (χ2n) is 11.2. The molecule has 3 amide bonds. The minimum absolute atomic E-state index is 0.00641. The van der Waals surface area contributed by atoms with E-state index in [1.807, 2.05) is 0 Å². The monoisotopic (exact) mass is 712 g/mol. The number of nitrogens with one attached hydrogen (secondary N) is 2. The van der Waals surface area contributed by atoms with Crippen LogP contribution in [0.25, 0.3) is 11.3 Å². The number of benzene rings is 2. The summed E-state index contributed by atoms with van der Waals surface area (Å²) in [6.45, 7) is -1.07. The van der Waals surface area contributed by atoms with Crippen LogP contribution in [0.2, 0.25) is 5.02 Å². The molecule has 13 nitrogen and oxygen atoms in total. The van der Waals surface area contributed by atoms with E-state index in [1.54, 1.807) is 9.80 Å². The highest BCUT2D eigenvalue weighted by Gasteiger charge is 2.35. The van der Waals surface area contributed by atoms with Crippen LogP contribution in [-0.2, 0) is 16.6 Å². The summed E-state index contributed by atoms with van der Waals surface area (Å²) in [5.41, 5.74) is -0.929. The van der Waals surface area contributed by atoms with E-state index in [9.17, 15) is 37.1 Å². The number of alkyl halides is 2. The minimum atomic E-state index is -3.34. The van der Waals surface area contributed by atoms with Crippen LogP contribution < -0.4 is 15.4 Å². The van der Waals surface area contributed by atoms with E-state index < -0.39 is 35.5 Å². The number of aromatic nitrogens is 2. The highest BCUT2D eigenvalue weighted by Crippen LogP contribution is 2.31. The molecule has 264 valence electrons. The molecule has 49 heavy (non-hydrogen) atoms. The first-order valence-corrected chi connectivity index (χ1v) is 15.3. The third kappa shape index (κ3) is 8.84. The van der Waals surface area contributed by atoms with Gasteiger partial charge in [-0.25, -0.2) is 9.37 Å². The Hall–Kier alpha value is -4.74. The van der Waals surface area contributed by atoms with Crippen LogP contribution in [0.5, 0.6) is 5.75 Å². The fourth-order valence-corrected chi connectivity index (χ4v) is 5.79. The van der Waals surface area contributed by atoms with Gasteiger partial charge in [0.15, 0.2) is 17.4 Å². The van der Waals surface area contributed by atoms with Gasteiger partial charge in [-0.2, -0.15) is 13.2 Å². The van der Waals surface area contributed by atoms with E-state index >= 15 is 0 Å². The number of rotatable bonds is 8. The Labute approximate surface area is 282 Å². The van der Waals surface area contributed by atoms with E-state index in [4.69, 9.17) is 21.5 Å². The number of amides is 3. The number of nitrogens with zero attached hydrogens (tertiary/aromatic N) is 4. The van der Waals surface area contributed by atoms with Gasteiger partial charge in [-0.05, 0) is 56.3 Å². The molecule has 1 aromatic heterocycles. The molecule has 4 N–H and O–H groups in total. The molecule has 0 radical (unpaired) electrons. The summed E-state index contributed by atoms with van der Waals surface area (Å²) in [5.74, 6) is -5.43. The summed E-state index contributed by atoms with van der Waals surface area (Å²) >= 11 is 6.42. The van der Waals surface area contributed by atoms with Crippen molar-refractivity contribution in [2.24, 2.45) is 7.05 Å². The second-order valence-corrected chi connectivity index (χ2v) is 11.6. The zero-order valence-corrected chi connectivity index (χ0v) is 26.9. The van der Waals surface area contributed by atoms with Crippen molar-refractivity contribution in [3.8, 4) is 17.0 Å². The van der Waals surface area contributed by atoms with Gasteiger partial charge in [0, 0.05) is 44.5 Å². The average Bonchev–Trinajstić information content (AvgIpc) is 3.44. The molecule has 0 aliphatic carbocycles. The van der Waals surface area contributed by atoms with Gasteiger partial charge in [-0.1, -0.05) is 11.6 Å². The molecule has 3 heterocycles. The minimum Gasteiger partial charge on any atom is -0.483 e. The number of ether oxygens (including phenoxy) is 1. The number of hydrogen-bond donors (Lipinski definition) is 4. The number of aliphatic hydroxyl groups is 1. The molecule has 0 atom stereocenters. The van der Waals surface area contributed by atoms with Gasteiger partial charge < -0.3 is 40.0 Å². The molecular weight excluding hydrogens is 680 g/mol. The first-order valence-electron chi connectivity index (χ1n) is 14.9. The van der Waals surface area contributed by atoms with Crippen molar-refractivity contribution < 1.29 is 51.7 Å². The van der Waals surface area contributed by atoms with E-state index in [-0.39, 0.29) is 71.2 Å². The van der Waals surface area contributed by atoms with Crippen molar-refractivity contribution >= 4 is 41.5 Å². The number of piperidine rings is 1. The third-order valence-corrected chi connectivity index (χ3v) is 8.43. The van der Waals surface area contributed by atoms with Crippen molar-refractivity contribution in [2.75, 3.05) is 44.6 Å². The Kier molecular flexibility index (Phi) is 12.2. The standard InChI is InChI=1S/C30H31ClF4N6O5.CH2O2/c1-39-21(19-4-5-22(46-29(34)35)25(33)24(19)32)16-37-26(39)27(43)38-17-2-3-18(20(31)14-17)28(44)41-12-10-40(11-13-41)23(42)15-30(45)6-8-36-9-7-30;2-1-3/h2-5,14,16,29,36,45H,6-13,15H2,1H3,(H,38,43);1H,(H,2,3). The summed E-state index contributed by atoms with van der Waals surface area (Å²) in [6, 6.07) is 6.18. The maximum Gasteiger partial charge on any atom is 0.387 e. The second kappa shape index (κ2) is 16.1. The van der Waals surface area contributed by atoms with Gasteiger partial charge in [0.1, 0.15) is 0 Å². The lowest BCUT2D eigenvalue weighted by atomic mass is 9.88. The zero-order chi connectivity index (χ0) is 35.9. The van der Waals surface area contributed by atoms with Crippen molar-refractivity contribution in [3.63, 3.8) is 0 Å². The van der Waals surface area contributed by atoms with Crippen molar-refractivity contribution in [2.45, 2.75) is 31.5 Å². The van der Waals surface area contributed by atoms with Crippen LogP contribution in [0.3, 0.4) is 0 Å². The number of hydrogen-bond acceptors (Lipinski definition) is 8. The lowest BCUT2D eigenvalue weighted by Gasteiger charge is -2.38. The number of imidazole rings is 1. The molecule has 5 rings (SSSR count). The van der Waals surface area contributed by atoms with Crippen LogP contribution >= 0.6 is 11.6 Å². The average molecular weight is 713 g/mol. The molecule has 0 spiro atoms. The van der Waals surface area contributed by atoms with E-state index in [1.165, 1.54) is 29.8 Å². The van der Waals surface area contributed by atoms with Crippen molar-refractivity contribution in [1.82, 2.24) is 24.7 Å².